The Morgan fingerprint density at radius 2 is 1.71 bits per heavy atom. The zero-order chi connectivity index (χ0) is 19.7. The van der Waals surface area contributed by atoms with Crippen LogP contribution in [-0.2, 0) is 6.54 Å². The van der Waals surface area contributed by atoms with Gasteiger partial charge in [0.15, 0.2) is 23.2 Å². The molecule has 8 heteroatoms. The highest BCUT2D eigenvalue weighted by molar-refractivity contribution is 6.36. The molecule has 2 heterocycles. The number of nitrogens with two attached hydrogens (primary N) is 1. The van der Waals surface area contributed by atoms with Crippen LogP contribution < -0.4 is 5.73 Å². The van der Waals surface area contributed by atoms with Crippen LogP contribution in [0.25, 0.3) is 23.7 Å². The number of nitrogen functional groups attached to an aromatic ring is 1. The van der Waals surface area contributed by atoms with Crippen LogP contribution in [0.2, 0.25) is 10.0 Å². The summed E-state index contributed by atoms with van der Waals surface area (Å²) in [5.74, 6) is 1.04. The molecular weight excluding hydrogens is 400 g/mol. The van der Waals surface area contributed by atoms with Crippen molar-refractivity contribution in [2.24, 2.45) is 0 Å². The normalized spacial score (nSPS) is 11.5. The Bertz CT molecular complexity index is 1120. The molecule has 0 amide bonds. The molecule has 0 atom stereocenters. The number of fused-ring (bicyclic) bond motifs is 1. The fraction of sp³-hybridized carbons (Fsp3) is 0.0500. The molecule has 0 radical (unpaired) electrons. The van der Waals surface area contributed by atoms with Gasteiger partial charge in [0, 0.05) is 15.6 Å². The second-order valence-corrected chi connectivity index (χ2v) is 6.91. The minimum atomic E-state index is -0.287. The molecule has 2 aliphatic rings. The summed E-state index contributed by atoms with van der Waals surface area (Å²) in [5, 5.41) is 1.11. The first kappa shape index (κ1) is 18.4. The lowest BCUT2D eigenvalue weighted by Gasteiger charge is -2.13. The molecule has 0 spiro atoms. The number of halogens is 3. The summed E-state index contributed by atoms with van der Waals surface area (Å²) < 4.78 is 14.8. The quantitative estimate of drug-likeness (QED) is 0.509. The molecule has 2 N–H and O–H groups in total. The highest BCUT2D eigenvalue weighted by atomic mass is 35.5. The molecule has 0 fully saturated rings. The maximum absolute atomic E-state index is 13.0. The van der Waals surface area contributed by atoms with Gasteiger partial charge >= 0.3 is 0 Å². The summed E-state index contributed by atoms with van der Waals surface area (Å²) in [6.07, 6.45) is 5.12. The van der Waals surface area contributed by atoms with E-state index in [1.807, 2.05) is 0 Å². The fourth-order valence-electron chi connectivity index (χ4n) is 2.76. The van der Waals surface area contributed by atoms with Crippen LogP contribution >= 0.6 is 23.2 Å². The molecule has 2 aliphatic heterocycles. The van der Waals surface area contributed by atoms with Crippen LogP contribution in [0, 0.1) is 5.82 Å². The number of imidazole rings is 1. The van der Waals surface area contributed by atoms with Crippen molar-refractivity contribution in [3.05, 3.63) is 81.6 Å². The molecule has 0 unspecified atom stereocenters. The number of anilines is 1. The van der Waals surface area contributed by atoms with Crippen LogP contribution in [-0.4, -0.2) is 19.5 Å². The van der Waals surface area contributed by atoms with E-state index in [2.05, 4.69) is 15.0 Å². The number of hydrogen-bond donors (Lipinski definition) is 1. The second kappa shape index (κ2) is 7.58. The SMILES string of the molecule is Nc1ncn(Cc2c(Cl)cccc2Cl)c2nc(/C=C/c3ccc(F)cc3)nc1-2. The first-order chi connectivity index (χ1) is 13.5. The second-order valence-electron chi connectivity index (χ2n) is 6.10. The predicted octanol–water partition coefficient (Wildman–Crippen LogP) is 5.02. The summed E-state index contributed by atoms with van der Waals surface area (Å²) in [6.45, 7) is 0.377. The largest absolute Gasteiger partial charge is 0.382 e. The van der Waals surface area contributed by atoms with E-state index < -0.39 is 0 Å². The zero-order valence-corrected chi connectivity index (χ0v) is 16.0. The minimum absolute atomic E-state index is 0.283. The van der Waals surface area contributed by atoms with Gasteiger partial charge in [-0.3, -0.25) is 0 Å². The Morgan fingerprint density at radius 1 is 1.00 bits per heavy atom. The number of hydrogen-bond acceptors (Lipinski definition) is 4. The molecule has 0 saturated heterocycles. The van der Waals surface area contributed by atoms with Gasteiger partial charge in [0.25, 0.3) is 0 Å². The van der Waals surface area contributed by atoms with Crippen molar-refractivity contribution < 1.29 is 4.39 Å². The molecule has 2 aromatic rings. The van der Waals surface area contributed by atoms with Gasteiger partial charge in [-0.05, 0) is 35.9 Å². The van der Waals surface area contributed by atoms with Crippen molar-refractivity contribution in [1.82, 2.24) is 19.5 Å². The van der Waals surface area contributed by atoms with E-state index >= 15 is 0 Å². The Kier molecular flexibility index (Phi) is 4.98. The van der Waals surface area contributed by atoms with E-state index in [9.17, 15) is 4.39 Å². The summed E-state index contributed by atoms with van der Waals surface area (Å²) in [6, 6.07) is 11.5. The Labute approximate surface area is 170 Å². The van der Waals surface area contributed by atoms with Crippen LogP contribution in [0.5, 0.6) is 0 Å². The number of nitrogens with zero attached hydrogens (tertiary/aromatic N) is 4. The van der Waals surface area contributed by atoms with Crippen LogP contribution in [0.3, 0.4) is 0 Å². The minimum Gasteiger partial charge on any atom is -0.382 e. The fourth-order valence-corrected chi connectivity index (χ4v) is 3.28. The van der Waals surface area contributed by atoms with Crippen LogP contribution in [0.1, 0.15) is 17.0 Å². The molecular formula is C20H14Cl2FN5. The average molecular weight is 414 g/mol. The van der Waals surface area contributed by atoms with Crippen LogP contribution in [0.4, 0.5) is 10.2 Å². The molecule has 0 bridgehead atoms. The monoisotopic (exact) mass is 413 g/mol. The third kappa shape index (κ3) is 3.69. The molecule has 5 nitrogen and oxygen atoms in total. The maximum atomic E-state index is 13.0. The van der Waals surface area contributed by atoms with Gasteiger partial charge in [-0.1, -0.05) is 47.5 Å². The lowest BCUT2D eigenvalue weighted by atomic mass is 10.2. The van der Waals surface area contributed by atoms with Crippen molar-refractivity contribution in [2.45, 2.75) is 6.54 Å². The van der Waals surface area contributed by atoms with E-state index in [1.54, 1.807) is 53.4 Å². The number of benzene rings is 2. The molecule has 0 saturated carbocycles. The lowest BCUT2D eigenvalue weighted by Crippen LogP contribution is -2.09. The van der Waals surface area contributed by atoms with E-state index in [4.69, 9.17) is 28.9 Å². The lowest BCUT2D eigenvalue weighted by molar-refractivity contribution is 0.628. The Morgan fingerprint density at radius 3 is 2.43 bits per heavy atom. The molecule has 4 rings (SSSR count). The van der Waals surface area contributed by atoms with Gasteiger partial charge in [-0.15, -0.1) is 0 Å². The van der Waals surface area contributed by atoms with E-state index in [0.717, 1.165) is 11.1 Å². The van der Waals surface area contributed by atoms with Gasteiger partial charge < -0.3 is 10.3 Å². The summed E-state index contributed by atoms with van der Waals surface area (Å²) in [5.41, 5.74) is 8.05. The topological polar surface area (TPSA) is 69.6 Å². The standard InChI is InChI=1S/C20H14Cl2FN5/c21-15-2-1-3-16(22)14(15)10-28-11-25-19(24)18-20(28)27-17(26-18)9-6-12-4-7-13(23)8-5-12/h1-9,11H,10,24H2/b9-6+. The first-order valence-electron chi connectivity index (χ1n) is 8.36. The molecule has 28 heavy (non-hydrogen) atoms. The van der Waals surface area contributed by atoms with E-state index in [0.29, 0.717) is 33.9 Å². The van der Waals surface area contributed by atoms with Gasteiger partial charge in [-0.2, -0.15) is 0 Å². The summed E-state index contributed by atoms with van der Waals surface area (Å²) >= 11 is 12.6. The van der Waals surface area contributed by atoms with Gasteiger partial charge in [0.2, 0.25) is 0 Å². The number of rotatable bonds is 4. The molecule has 140 valence electrons. The molecule has 0 aromatic heterocycles. The molecule has 0 aliphatic carbocycles. The average Bonchev–Trinajstić information content (AvgIpc) is 3.11. The summed E-state index contributed by atoms with van der Waals surface area (Å²) in [4.78, 5) is 13.2. The highest BCUT2D eigenvalue weighted by Crippen LogP contribution is 2.29. The maximum Gasteiger partial charge on any atom is 0.166 e. The van der Waals surface area contributed by atoms with E-state index in [-0.39, 0.29) is 11.6 Å². The van der Waals surface area contributed by atoms with Crippen molar-refractivity contribution in [3.63, 3.8) is 0 Å². The third-order valence-corrected chi connectivity index (χ3v) is 4.90. The van der Waals surface area contributed by atoms with Crippen molar-refractivity contribution in [1.29, 1.82) is 0 Å². The van der Waals surface area contributed by atoms with Crippen molar-refractivity contribution in [3.8, 4) is 11.5 Å². The first-order valence-corrected chi connectivity index (χ1v) is 9.12. The van der Waals surface area contributed by atoms with Crippen molar-refractivity contribution in [2.75, 3.05) is 5.73 Å². The summed E-state index contributed by atoms with van der Waals surface area (Å²) in [7, 11) is 0. The van der Waals surface area contributed by atoms with E-state index in [1.165, 1.54) is 12.1 Å². The van der Waals surface area contributed by atoms with Gasteiger partial charge in [-0.25, -0.2) is 19.3 Å². The van der Waals surface area contributed by atoms with Crippen molar-refractivity contribution >= 4 is 41.2 Å². The van der Waals surface area contributed by atoms with Gasteiger partial charge in [0.1, 0.15) is 5.82 Å². The zero-order valence-electron chi connectivity index (χ0n) is 14.5. The van der Waals surface area contributed by atoms with Gasteiger partial charge in [0.05, 0.1) is 12.9 Å². The predicted molar refractivity (Wildman–Crippen MR) is 110 cm³/mol. The van der Waals surface area contributed by atoms with Crippen LogP contribution in [0.15, 0.2) is 48.8 Å². The Hall–Kier alpha value is -2.96. The highest BCUT2D eigenvalue weighted by Gasteiger charge is 2.19. The Balaban J connectivity index is 1.70. The smallest absolute Gasteiger partial charge is 0.166 e. The number of aromatic nitrogens is 4. The molecule has 2 aromatic carbocycles. The third-order valence-electron chi connectivity index (χ3n) is 4.19.